The predicted octanol–water partition coefficient (Wildman–Crippen LogP) is 12.4. The number of imidazole rings is 3. The Morgan fingerprint density at radius 3 is 1.38 bits per heavy atom. The third-order valence-corrected chi connectivity index (χ3v) is 19.0. The Morgan fingerprint density at radius 2 is 0.992 bits per heavy atom. The van der Waals surface area contributed by atoms with Gasteiger partial charge in [-0.3, -0.25) is 47.6 Å². The van der Waals surface area contributed by atoms with Gasteiger partial charge in [-0.25, -0.2) is 39.3 Å². The maximum atomic E-state index is 12.9. The van der Waals surface area contributed by atoms with Crippen LogP contribution in [0.4, 0.5) is 10.2 Å². The number of halogens is 4. The van der Waals surface area contributed by atoms with Crippen LogP contribution in [0.5, 0.6) is 0 Å². The number of alkyl halides is 1. The van der Waals surface area contributed by atoms with Crippen LogP contribution in [-0.4, -0.2) is 172 Å². The molecule has 10 aromatic heterocycles. The van der Waals surface area contributed by atoms with Crippen LogP contribution in [0.2, 0.25) is 0 Å². The number of carbonyl (C=O) groups excluding carboxylic acids is 6. The number of ether oxygens (including phenoxy) is 2. The standard InChI is InChI=1S/C22H23N5O3.C21H29BN2O5.C18H15N5O3.C10H11BrFN3O.C7H6BrN3.ClH.S3.S2.H2S/c1-13(28)20-16-8-14(15-9-17-21(23-10-15)26(5)12-24-17)6-7-18(16)27(25-20)11-19(29)30-22(2,3)4;1-13(25)18-15-11-14(22-28-20(5,6)21(7,8)29-22)9-10-16(15)24(23-18)12-17(26)27-19(2,3)4;1-10(24)17-13-5-11(3-4-15(13)23(21-17)8-16(25)26)12-6-14-18(19-7-12)22(2)9-20-14;11-8-2-1-3-9(14-8)15-10(16)7-4-6(12)5-13-7;1-11-4-10-6-2-5(8)3-9-7(6)11;;1-3-2;1-2;/h6-10,12H,11H2,1-5H3;9-11H,12H2,1-8H3;3-7,9H,8H2,1-2H3,(H,25,26);1-3,6-7,13H,4-5H2,(H,14,15,16);2-4H,1H3;1H;;;1H2/t;;;6-,7+;;;;;/m...1...../s1. The summed E-state index contributed by atoms with van der Waals surface area (Å²) in [5, 5.41) is 29.4. The van der Waals surface area contributed by atoms with Crippen LogP contribution in [0.25, 0.3) is 88.5 Å². The summed E-state index contributed by atoms with van der Waals surface area (Å²) >= 11 is 22.1. The highest BCUT2D eigenvalue weighted by atomic mass is 79.9. The summed E-state index contributed by atoms with van der Waals surface area (Å²) < 4.78 is 47.4. The number of nitrogens with one attached hydrogen (secondary N) is 2. The summed E-state index contributed by atoms with van der Waals surface area (Å²) in [5.41, 5.74) is 10.0. The lowest BCUT2D eigenvalue weighted by atomic mass is 9.78. The van der Waals surface area contributed by atoms with E-state index in [0.29, 0.717) is 54.5 Å². The minimum absolute atomic E-state index is 0. The highest BCUT2D eigenvalue weighted by molar-refractivity contribution is 9.10. The number of carboxylic acids is 1. The molecule has 0 radical (unpaired) electrons. The van der Waals surface area contributed by atoms with Gasteiger partial charge in [-0.2, -0.15) is 28.8 Å². The van der Waals surface area contributed by atoms with Crippen molar-refractivity contribution in [2.45, 2.75) is 151 Å². The summed E-state index contributed by atoms with van der Waals surface area (Å²) in [6.07, 6.45) is 9.76. The molecule has 1 amide bonds. The van der Waals surface area contributed by atoms with Crippen molar-refractivity contribution in [2.24, 2.45) is 21.1 Å². The molecule has 2 aliphatic rings. The fourth-order valence-electron chi connectivity index (χ4n) is 12.2. The first-order chi connectivity index (χ1) is 55.1. The number of aliphatic carboxylic acids is 1. The molecule has 3 aromatic carbocycles. The van der Waals surface area contributed by atoms with E-state index in [1.807, 2.05) is 171 Å². The highest BCUT2D eigenvalue weighted by Crippen LogP contribution is 2.38. The number of carbonyl (C=O) groups is 7. The second-order valence-electron chi connectivity index (χ2n) is 30.0. The van der Waals surface area contributed by atoms with Crippen LogP contribution in [-0.2, 0) is 132 Å². The summed E-state index contributed by atoms with van der Waals surface area (Å²) in [6, 6.07) is 27.3. The minimum Gasteiger partial charge on any atom is -0.480 e. The van der Waals surface area contributed by atoms with Crippen LogP contribution in [0.1, 0.15) is 128 Å². The van der Waals surface area contributed by atoms with Crippen molar-refractivity contribution in [1.82, 2.24) is 83.2 Å². The van der Waals surface area contributed by atoms with Gasteiger partial charge in [0.25, 0.3) is 0 Å². The van der Waals surface area contributed by atoms with Gasteiger partial charge >= 0.3 is 25.0 Å². The van der Waals surface area contributed by atoms with Gasteiger partial charge in [0.1, 0.15) is 81.1 Å². The number of benzene rings is 3. The summed E-state index contributed by atoms with van der Waals surface area (Å²) in [6.45, 7) is 23.0. The van der Waals surface area contributed by atoms with Gasteiger partial charge in [-0.05, 0) is 178 Å². The number of aromatic nitrogens is 16. The van der Waals surface area contributed by atoms with Crippen molar-refractivity contribution < 1.29 is 61.8 Å². The molecule has 2 fully saturated rings. The summed E-state index contributed by atoms with van der Waals surface area (Å²) in [7, 11) is 6.07. The smallest absolute Gasteiger partial charge is 0.480 e. The average molecular weight is 1890 g/mol. The Bertz CT molecular complexity index is 5970. The molecular weight excluding hydrogens is 1800 g/mol. The van der Waals surface area contributed by atoms with E-state index in [1.54, 1.807) is 61.8 Å². The number of aryl methyl sites for hydroxylation is 3. The monoisotopic (exact) mass is 1880 g/mol. The Hall–Kier alpha value is -9.46. The molecule has 0 unspecified atom stereocenters. The van der Waals surface area contributed by atoms with E-state index in [-0.39, 0.29) is 87.5 Å². The van der Waals surface area contributed by atoms with Crippen LogP contribution in [0, 0.1) is 0 Å². The molecule has 15 rings (SSSR count). The Kier molecular flexibility index (Phi) is 33.5. The number of ketones is 3. The maximum Gasteiger partial charge on any atom is 0.494 e. The molecule has 2 saturated heterocycles. The second-order valence-corrected chi connectivity index (χ2v) is 33.5. The van der Waals surface area contributed by atoms with E-state index >= 15 is 0 Å². The van der Waals surface area contributed by atoms with Crippen molar-refractivity contribution in [3.63, 3.8) is 0 Å². The van der Waals surface area contributed by atoms with Crippen LogP contribution >= 0.6 is 57.8 Å². The first kappa shape index (κ1) is 96.7. The molecule has 628 valence electrons. The molecule has 41 heteroatoms. The van der Waals surface area contributed by atoms with Gasteiger partial charge in [0.05, 0.1) is 52.8 Å². The predicted molar refractivity (Wildman–Crippen MR) is 482 cm³/mol. The molecule has 3 N–H and O–H groups in total. The third kappa shape index (κ3) is 24.7. The molecular formula is C78H87BBr2ClFN18O12S6. The number of esters is 2. The van der Waals surface area contributed by atoms with Gasteiger partial charge in [-0.1, -0.05) is 30.3 Å². The average Bonchev–Trinajstić information content (AvgIpc) is 1.61. The number of rotatable bonds is 14. The zero-order valence-corrected chi connectivity index (χ0v) is 76.6. The maximum absolute atomic E-state index is 12.9. The third-order valence-electron chi connectivity index (χ3n) is 18.1. The molecule has 119 heavy (non-hydrogen) atoms. The van der Waals surface area contributed by atoms with Crippen molar-refractivity contribution in [3.05, 3.63) is 155 Å². The zero-order chi connectivity index (χ0) is 85.9. The molecule has 2 aliphatic heterocycles. The van der Waals surface area contributed by atoms with Gasteiger partial charge < -0.3 is 48.2 Å². The van der Waals surface area contributed by atoms with Crippen molar-refractivity contribution >= 4 is 237 Å². The number of carboxylic acid groups (broad SMARTS) is 1. The van der Waals surface area contributed by atoms with Gasteiger partial charge in [0.2, 0.25) is 5.91 Å². The van der Waals surface area contributed by atoms with Crippen LogP contribution < -0.4 is 16.1 Å². The van der Waals surface area contributed by atoms with Gasteiger partial charge in [0, 0.05) is 159 Å². The first-order valence-corrected chi connectivity index (χ1v) is 41.6. The minimum atomic E-state index is -1.02. The summed E-state index contributed by atoms with van der Waals surface area (Å²) in [5.74, 6) is -2.17. The fraction of sp³-hybridized carbons (Fsp3) is 0.346. The van der Waals surface area contributed by atoms with E-state index in [4.69, 9.17) is 23.9 Å². The first-order valence-electron chi connectivity index (χ1n) is 36.0. The van der Waals surface area contributed by atoms with Crippen molar-refractivity contribution in [3.8, 4) is 22.3 Å². The topological polar surface area (TPSA) is 359 Å². The molecule has 0 spiro atoms. The number of pyridine rings is 4. The summed E-state index contributed by atoms with van der Waals surface area (Å²) in [4.78, 5) is 114. The zero-order valence-electron chi connectivity index (χ0n) is 67.6. The SMILES string of the molecule is CC(=O)c1nn(CC(=O)O)c2ccc(-c3cnc4c(c3)ncn4C)cc12.CC(=O)c1nn(CC(=O)OC(C)(C)C)c2ccc(-c3cnc4c(c3)ncn4C)cc12.CC(=O)c1nn(CC(=O)OC(C)(C)C)c2ccc(B3OC(C)(C)C(C)(C)O3)cc12.Cl.Cn1cnc2cc(Br)cnc21.O=C(Nc1cccc(Br)n1)[C@@H]1C[C@@H](F)CN1.S.S=S.S=S=S. The molecule has 0 bridgehead atoms. The second kappa shape index (κ2) is 41.2. The van der Waals surface area contributed by atoms with Crippen LogP contribution in [0.3, 0.4) is 0 Å². The lowest BCUT2D eigenvalue weighted by molar-refractivity contribution is -0.156. The molecule has 13 aromatic rings. The Balaban J connectivity index is 0.000000208. The van der Waals surface area contributed by atoms with E-state index < -0.39 is 59.6 Å². The number of amides is 1. The van der Waals surface area contributed by atoms with Crippen LogP contribution in [0.15, 0.2) is 138 Å². The van der Waals surface area contributed by atoms with E-state index in [9.17, 15) is 38.0 Å². The quantitative estimate of drug-likeness (QED) is 0.0394. The largest absolute Gasteiger partial charge is 0.494 e. The Morgan fingerprint density at radius 1 is 0.597 bits per heavy atom. The molecule has 0 aliphatic carbocycles. The highest BCUT2D eigenvalue weighted by Gasteiger charge is 2.52. The number of hydrogen-bond donors (Lipinski definition) is 3. The normalized spacial score (nSPS) is 14.3. The van der Waals surface area contributed by atoms with Crippen molar-refractivity contribution in [2.75, 3.05) is 11.9 Å². The van der Waals surface area contributed by atoms with E-state index in [0.717, 1.165) is 74.6 Å². The Labute approximate surface area is 737 Å². The molecule has 30 nitrogen and oxygen atoms in total. The fourth-order valence-corrected chi connectivity index (χ4v) is 12.9. The lowest BCUT2D eigenvalue weighted by Gasteiger charge is -2.32. The lowest BCUT2D eigenvalue weighted by Crippen LogP contribution is -2.41. The van der Waals surface area contributed by atoms with Gasteiger partial charge in [0.15, 0.2) is 34.3 Å². The molecule has 12 heterocycles. The number of anilines is 1. The molecule has 2 atom stereocenters. The number of nitrogens with zero attached hydrogens (tertiary/aromatic N) is 16. The van der Waals surface area contributed by atoms with Gasteiger partial charge in [-0.15, -0.1) is 12.4 Å². The number of Topliss-reactive ketones (excluding diaryl/α,β-unsaturated/α-hetero) is 3. The van der Waals surface area contributed by atoms with E-state index in [2.05, 4.69) is 137 Å². The van der Waals surface area contributed by atoms with E-state index in [1.165, 1.54) is 34.8 Å². The number of fused-ring (bicyclic) bond motifs is 6. The molecule has 0 saturated carbocycles. The number of hydrogen-bond acceptors (Lipinski definition) is 26. The van der Waals surface area contributed by atoms with Crippen molar-refractivity contribution in [1.29, 1.82) is 0 Å².